The molecule has 5 nitrogen and oxygen atoms in total. The van der Waals surface area contributed by atoms with E-state index in [1.807, 2.05) is 24.3 Å². The molecule has 0 bridgehead atoms. The normalized spacial score (nSPS) is 23.6. The molecule has 146 valence electrons. The minimum Gasteiger partial charge on any atom is -0.392 e. The quantitative estimate of drug-likeness (QED) is 0.323. The number of aliphatic hydroxyl groups is 1. The van der Waals surface area contributed by atoms with Crippen molar-refractivity contribution in [1.82, 2.24) is 10.6 Å². The highest BCUT2D eigenvalue weighted by Crippen LogP contribution is 2.57. The summed E-state index contributed by atoms with van der Waals surface area (Å²) in [4.78, 5) is 4.75. The molecule has 1 aromatic carbocycles. The zero-order chi connectivity index (χ0) is 17.7. The average molecular weight is 473 g/mol. The summed E-state index contributed by atoms with van der Waals surface area (Å²) in [7, 11) is 0. The van der Waals surface area contributed by atoms with Gasteiger partial charge in [0.05, 0.1) is 19.3 Å². The lowest BCUT2D eigenvalue weighted by molar-refractivity contribution is -0.168. The molecule has 0 aliphatic heterocycles. The van der Waals surface area contributed by atoms with Gasteiger partial charge in [-0.25, -0.2) is 4.99 Å². The van der Waals surface area contributed by atoms with Crippen LogP contribution in [-0.4, -0.2) is 36.4 Å². The molecule has 26 heavy (non-hydrogen) atoms. The number of hydrogen-bond donors (Lipinski definition) is 3. The monoisotopic (exact) mass is 473 g/mol. The van der Waals surface area contributed by atoms with Crippen molar-refractivity contribution >= 4 is 29.9 Å². The van der Waals surface area contributed by atoms with Gasteiger partial charge in [0.2, 0.25) is 0 Å². The molecule has 2 aliphatic carbocycles. The number of guanidine groups is 1. The lowest BCUT2D eigenvalue weighted by atomic mass is 9.51. The van der Waals surface area contributed by atoms with Gasteiger partial charge in [-0.15, -0.1) is 24.0 Å². The SMILES string of the molecule is CCNC(=NCc1ccccc1CO)NC1CC(OCC)C12CCC2.I. The first kappa shape index (κ1) is 21.4. The topological polar surface area (TPSA) is 65.9 Å². The van der Waals surface area contributed by atoms with Crippen LogP contribution in [0.2, 0.25) is 0 Å². The van der Waals surface area contributed by atoms with Gasteiger partial charge in [0.1, 0.15) is 0 Å². The third-order valence-corrected chi connectivity index (χ3v) is 5.79. The Morgan fingerprint density at radius 3 is 2.58 bits per heavy atom. The van der Waals surface area contributed by atoms with E-state index in [0.717, 1.165) is 36.7 Å². The first-order valence-electron chi connectivity index (χ1n) is 9.57. The van der Waals surface area contributed by atoms with Crippen LogP contribution in [0.5, 0.6) is 0 Å². The molecule has 0 radical (unpaired) electrons. The van der Waals surface area contributed by atoms with Crippen molar-refractivity contribution in [2.24, 2.45) is 10.4 Å². The van der Waals surface area contributed by atoms with Crippen molar-refractivity contribution in [3.63, 3.8) is 0 Å². The zero-order valence-corrected chi connectivity index (χ0v) is 18.2. The minimum atomic E-state index is 0. The summed E-state index contributed by atoms with van der Waals surface area (Å²) in [6.45, 7) is 6.42. The number of ether oxygens (including phenoxy) is 1. The smallest absolute Gasteiger partial charge is 0.191 e. The van der Waals surface area contributed by atoms with Crippen molar-refractivity contribution in [3.05, 3.63) is 35.4 Å². The highest BCUT2D eigenvalue weighted by Gasteiger charge is 2.59. The Morgan fingerprint density at radius 1 is 1.27 bits per heavy atom. The molecule has 2 aliphatic rings. The fourth-order valence-electron chi connectivity index (χ4n) is 4.16. The summed E-state index contributed by atoms with van der Waals surface area (Å²) < 4.78 is 5.94. The number of hydrogen-bond acceptors (Lipinski definition) is 3. The predicted molar refractivity (Wildman–Crippen MR) is 116 cm³/mol. The number of nitrogens with zero attached hydrogens (tertiary/aromatic N) is 1. The Labute approximate surface area is 174 Å². The first-order chi connectivity index (χ1) is 12.2. The van der Waals surface area contributed by atoms with Gasteiger partial charge in [-0.2, -0.15) is 0 Å². The van der Waals surface area contributed by atoms with Crippen molar-refractivity contribution < 1.29 is 9.84 Å². The largest absolute Gasteiger partial charge is 0.392 e. The second-order valence-corrected chi connectivity index (χ2v) is 7.09. The summed E-state index contributed by atoms with van der Waals surface area (Å²) >= 11 is 0. The molecule has 1 aromatic rings. The van der Waals surface area contributed by atoms with E-state index in [9.17, 15) is 5.11 Å². The molecule has 2 unspecified atom stereocenters. The maximum Gasteiger partial charge on any atom is 0.191 e. The van der Waals surface area contributed by atoms with Crippen LogP contribution < -0.4 is 10.6 Å². The van der Waals surface area contributed by atoms with E-state index < -0.39 is 0 Å². The van der Waals surface area contributed by atoms with Crippen LogP contribution in [0.1, 0.15) is 50.7 Å². The third kappa shape index (κ3) is 4.34. The Bertz CT molecular complexity index is 604. The van der Waals surface area contributed by atoms with Crippen LogP contribution in [0, 0.1) is 5.41 Å². The number of nitrogens with one attached hydrogen (secondary N) is 2. The van der Waals surface area contributed by atoms with Gasteiger partial charge in [0.25, 0.3) is 0 Å². The van der Waals surface area contributed by atoms with E-state index in [1.54, 1.807) is 0 Å². The van der Waals surface area contributed by atoms with Crippen LogP contribution in [-0.2, 0) is 17.9 Å². The fourth-order valence-corrected chi connectivity index (χ4v) is 4.16. The van der Waals surface area contributed by atoms with Crippen molar-refractivity contribution in [3.8, 4) is 0 Å². The maximum atomic E-state index is 9.47. The summed E-state index contributed by atoms with van der Waals surface area (Å²) in [5, 5.41) is 16.5. The van der Waals surface area contributed by atoms with Gasteiger partial charge in [0, 0.05) is 24.6 Å². The van der Waals surface area contributed by atoms with E-state index in [1.165, 1.54) is 19.3 Å². The van der Waals surface area contributed by atoms with E-state index in [-0.39, 0.29) is 30.6 Å². The van der Waals surface area contributed by atoms with Gasteiger partial charge < -0.3 is 20.5 Å². The van der Waals surface area contributed by atoms with Gasteiger partial charge in [0.15, 0.2) is 5.96 Å². The summed E-state index contributed by atoms with van der Waals surface area (Å²) in [5.74, 6) is 0.862. The molecular weight excluding hydrogens is 441 g/mol. The first-order valence-corrected chi connectivity index (χ1v) is 9.57. The van der Waals surface area contributed by atoms with Gasteiger partial charge in [-0.3, -0.25) is 0 Å². The lowest BCUT2D eigenvalue weighted by Crippen LogP contribution is -2.68. The molecule has 0 aromatic heterocycles. The number of aliphatic imine (C=N–C) groups is 1. The summed E-state index contributed by atoms with van der Waals surface area (Å²) in [6.07, 6.45) is 5.27. The zero-order valence-electron chi connectivity index (χ0n) is 15.8. The molecule has 6 heteroatoms. The Morgan fingerprint density at radius 2 is 2.00 bits per heavy atom. The number of rotatable bonds is 7. The molecular formula is C20H32IN3O2. The molecule has 3 N–H and O–H groups in total. The Balaban J connectivity index is 0.00000243. The van der Waals surface area contributed by atoms with Gasteiger partial charge in [-0.05, 0) is 44.2 Å². The van der Waals surface area contributed by atoms with Gasteiger partial charge in [-0.1, -0.05) is 30.7 Å². The third-order valence-electron chi connectivity index (χ3n) is 5.79. The van der Waals surface area contributed by atoms with Crippen molar-refractivity contribution in [2.45, 2.75) is 64.8 Å². The fraction of sp³-hybridized carbons (Fsp3) is 0.650. The molecule has 2 atom stereocenters. The van der Waals surface area contributed by atoms with E-state index >= 15 is 0 Å². The van der Waals surface area contributed by atoms with E-state index in [4.69, 9.17) is 9.73 Å². The molecule has 2 saturated carbocycles. The number of halogens is 1. The van der Waals surface area contributed by atoms with Crippen LogP contribution in [0.25, 0.3) is 0 Å². The van der Waals surface area contributed by atoms with Crippen LogP contribution >= 0.6 is 24.0 Å². The molecule has 2 fully saturated rings. The number of benzene rings is 1. The Kier molecular flexibility index (Phi) is 8.16. The standard InChI is InChI=1S/C20H31N3O2.HI/c1-3-21-19(22-13-15-8-5-6-9-16(15)14-24)23-17-12-18(25-4-2)20(17)10-7-11-20;/h5-6,8-9,17-18,24H,3-4,7,10-14H2,1-2H3,(H2,21,22,23);1H. The predicted octanol–water partition coefficient (Wildman–Crippen LogP) is 3.20. The van der Waals surface area contributed by atoms with Crippen LogP contribution in [0.3, 0.4) is 0 Å². The maximum absolute atomic E-state index is 9.47. The average Bonchev–Trinajstić information content (AvgIpc) is 2.57. The lowest BCUT2D eigenvalue weighted by Gasteiger charge is -2.61. The van der Waals surface area contributed by atoms with Crippen LogP contribution in [0.4, 0.5) is 0 Å². The summed E-state index contributed by atoms with van der Waals surface area (Å²) in [5.41, 5.74) is 2.33. The highest BCUT2D eigenvalue weighted by molar-refractivity contribution is 14.0. The number of aliphatic hydroxyl groups excluding tert-OH is 1. The van der Waals surface area contributed by atoms with E-state index in [0.29, 0.717) is 24.1 Å². The molecule has 3 rings (SSSR count). The molecule has 0 heterocycles. The second-order valence-electron chi connectivity index (χ2n) is 7.09. The molecule has 1 spiro atoms. The summed E-state index contributed by atoms with van der Waals surface area (Å²) in [6, 6.07) is 8.37. The van der Waals surface area contributed by atoms with E-state index in [2.05, 4.69) is 24.5 Å². The minimum absolute atomic E-state index is 0. The van der Waals surface area contributed by atoms with Crippen LogP contribution in [0.15, 0.2) is 29.3 Å². The van der Waals surface area contributed by atoms with Gasteiger partial charge >= 0.3 is 0 Å². The van der Waals surface area contributed by atoms with Crippen molar-refractivity contribution in [2.75, 3.05) is 13.2 Å². The Hall–Kier alpha value is -0.860. The molecule has 0 saturated heterocycles. The second kappa shape index (κ2) is 9.90. The highest BCUT2D eigenvalue weighted by atomic mass is 127. The van der Waals surface area contributed by atoms with Crippen molar-refractivity contribution in [1.29, 1.82) is 0 Å². The molecule has 0 amide bonds.